The van der Waals surface area contributed by atoms with Gasteiger partial charge in [0.1, 0.15) is 17.1 Å². The fourth-order valence-corrected chi connectivity index (χ4v) is 6.09. The quantitative estimate of drug-likeness (QED) is 0.332. The van der Waals surface area contributed by atoms with Crippen LogP contribution in [0, 0.1) is 5.41 Å². The van der Waals surface area contributed by atoms with Crippen molar-refractivity contribution < 1.29 is 44.2 Å². The van der Waals surface area contributed by atoms with Gasteiger partial charge in [0, 0.05) is 66.6 Å². The van der Waals surface area contributed by atoms with Crippen LogP contribution < -0.4 is 44.3 Å². The summed E-state index contributed by atoms with van der Waals surface area (Å²) in [6.07, 6.45) is 6.77. The Morgan fingerprint density at radius 3 is 2.57 bits per heavy atom. The van der Waals surface area contributed by atoms with Gasteiger partial charge in [0.2, 0.25) is 0 Å². The molecule has 9 heteroatoms. The van der Waals surface area contributed by atoms with E-state index in [1.807, 2.05) is 30.3 Å². The summed E-state index contributed by atoms with van der Waals surface area (Å²) in [5.74, 6) is -0.543. The number of anilines is 1. The molecule has 0 atom stereocenters. The molecular weight excluding hydrogens is 559 g/mol. The van der Waals surface area contributed by atoms with E-state index in [0.29, 0.717) is 5.75 Å². The molecule has 0 unspecified atom stereocenters. The summed E-state index contributed by atoms with van der Waals surface area (Å²) >= 11 is 6.18. The molecule has 3 heterocycles. The molecule has 2 aromatic carbocycles. The number of hydrogen-bond donors (Lipinski definition) is 1. The minimum atomic E-state index is -1.27. The molecule has 2 aliphatic rings. The Bertz CT molecular complexity index is 1610. The van der Waals surface area contributed by atoms with Crippen molar-refractivity contribution in [2.45, 2.75) is 33.1 Å². The number of pyridine rings is 1. The third-order valence-electron chi connectivity index (χ3n) is 8.32. The van der Waals surface area contributed by atoms with Gasteiger partial charge in [-0.15, -0.1) is 0 Å². The number of ether oxygens (including phenoxy) is 1. The van der Waals surface area contributed by atoms with Crippen LogP contribution >= 0.6 is 11.6 Å². The van der Waals surface area contributed by atoms with Crippen LogP contribution in [0.4, 0.5) is 5.69 Å². The van der Waals surface area contributed by atoms with Crippen molar-refractivity contribution >= 4 is 39.9 Å². The van der Waals surface area contributed by atoms with Crippen molar-refractivity contribution in [2.75, 3.05) is 37.6 Å². The van der Waals surface area contributed by atoms with Gasteiger partial charge in [-0.2, -0.15) is 0 Å². The number of aromatic carboxylic acids is 1. The van der Waals surface area contributed by atoms with Gasteiger partial charge >= 0.3 is 29.6 Å². The number of allylic oxidation sites excluding steroid dienone is 1. The van der Waals surface area contributed by atoms with Crippen LogP contribution in [0.2, 0.25) is 5.02 Å². The standard InChI is InChI=1S/C33H35ClN4O3.Na/c1-33(2)11-9-24(29(19-33)22-3-5-25(34)6-4-22)21-37-13-15-38(16-14-37)26-7-8-28(32(39)40)30(18-26)41-27-17-23-10-12-35-31(23)36-20-27;/h3-8,10,12,17-18,20H,9,11,13-16,19,21H2,1-2H3,(H,35,36)(H,39,40);/q;+1/p-1. The molecule has 1 aliphatic heterocycles. The normalized spacial score (nSPS) is 17.3. The molecule has 0 radical (unpaired) electrons. The van der Waals surface area contributed by atoms with Crippen LogP contribution in [0.1, 0.15) is 49.0 Å². The molecule has 1 aliphatic carbocycles. The predicted octanol–water partition coefficient (Wildman–Crippen LogP) is 3.16. The van der Waals surface area contributed by atoms with Crippen molar-refractivity contribution in [1.82, 2.24) is 14.9 Å². The molecule has 4 aromatic rings. The summed E-state index contributed by atoms with van der Waals surface area (Å²) in [4.78, 5) is 24.1. The maximum absolute atomic E-state index is 11.8. The molecule has 1 N–H and O–H groups in total. The molecule has 0 saturated carbocycles. The van der Waals surface area contributed by atoms with E-state index in [-0.39, 0.29) is 46.3 Å². The number of aromatic nitrogens is 2. The number of nitrogens with zero attached hydrogens (tertiary/aromatic N) is 3. The second-order valence-electron chi connectivity index (χ2n) is 11.8. The largest absolute Gasteiger partial charge is 1.00 e. The smallest absolute Gasteiger partial charge is 0.545 e. The number of nitrogens with one attached hydrogen (secondary N) is 1. The minimum Gasteiger partial charge on any atom is -0.545 e. The van der Waals surface area contributed by atoms with Crippen LogP contribution in [-0.4, -0.2) is 53.6 Å². The second-order valence-corrected chi connectivity index (χ2v) is 12.3. The number of piperazine rings is 1. The second kappa shape index (κ2) is 12.8. The van der Waals surface area contributed by atoms with E-state index in [0.717, 1.165) is 67.3 Å². The molecule has 0 spiro atoms. The number of carbonyl (C=O) groups is 1. The summed E-state index contributed by atoms with van der Waals surface area (Å²) < 4.78 is 6.03. The number of halogens is 1. The van der Waals surface area contributed by atoms with Gasteiger partial charge in [0.15, 0.2) is 0 Å². The van der Waals surface area contributed by atoms with Crippen molar-refractivity contribution in [3.8, 4) is 11.5 Å². The maximum Gasteiger partial charge on any atom is 1.00 e. The topological polar surface area (TPSA) is 84.5 Å². The van der Waals surface area contributed by atoms with E-state index in [1.54, 1.807) is 24.5 Å². The Morgan fingerprint density at radius 2 is 1.83 bits per heavy atom. The van der Waals surface area contributed by atoms with Crippen molar-refractivity contribution in [1.29, 1.82) is 0 Å². The molecule has 2 aromatic heterocycles. The molecule has 7 nitrogen and oxygen atoms in total. The number of fused-ring (bicyclic) bond motifs is 1. The van der Waals surface area contributed by atoms with Gasteiger partial charge in [-0.05, 0) is 72.2 Å². The first kappa shape index (κ1) is 30.6. The number of benzene rings is 2. The van der Waals surface area contributed by atoms with Crippen LogP contribution in [0.25, 0.3) is 16.6 Å². The number of carbonyl (C=O) groups excluding carboxylic acids is 1. The van der Waals surface area contributed by atoms with Crippen molar-refractivity contribution in [3.05, 3.63) is 88.7 Å². The molecule has 0 amide bonds. The van der Waals surface area contributed by atoms with Gasteiger partial charge in [-0.3, -0.25) is 4.90 Å². The van der Waals surface area contributed by atoms with Gasteiger partial charge in [0.05, 0.1) is 12.2 Å². The van der Waals surface area contributed by atoms with Gasteiger partial charge in [-0.1, -0.05) is 43.2 Å². The van der Waals surface area contributed by atoms with E-state index in [4.69, 9.17) is 16.3 Å². The van der Waals surface area contributed by atoms with Crippen LogP contribution in [-0.2, 0) is 0 Å². The summed E-state index contributed by atoms with van der Waals surface area (Å²) in [6.45, 7) is 9.22. The average Bonchev–Trinajstić information content (AvgIpc) is 3.43. The molecule has 1 fully saturated rings. The van der Waals surface area contributed by atoms with Crippen molar-refractivity contribution in [2.24, 2.45) is 5.41 Å². The summed E-state index contributed by atoms with van der Waals surface area (Å²) in [5.41, 5.74) is 6.26. The Balaban J connectivity index is 0.00000353. The van der Waals surface area contributed by atoms with Crippen LogP contribution in [0.3, 0.4) is 0 Å². The molecule has 212 valence electrons. The number of carboxylic acid groups (broad SMARTS) is 1. The SMILES string of the molecule is CC1(C)CCC(CN2CCN(c3ccc(C(=O)[O-])c(Oc4cnc5[nH]ccc5c4)c3)CC2)=C(c2ccc(Cl)cc2)C1.[Na+]. The zero-order valence-corrected chi connectivity index (χ0v) is 27.2. The van der Waals surface area contributed by atoms with E-state index in [2.05, 4.69) is 45.7 Å². The van der Waals surface area contributed by atoms with E-state index < -0.39 is 5.97 Å². The number of carboxylic acids is 1. The van der Waals surface area contributed by atoms with Gasteiger partial charge in [-0.25, -0.2) is 4.98 Å². The summed E-state index contributed by atoms with van der Waals surface area (Å²) in [7, 11) is 0. The van der Waals surface area contributed by atoms with Crippen LogP contribution in [0.15, 0.2) is 72.6 Å². The minimum absolute atomic E-state index is 0. The average molecular weight is 593 g/mol. The molecule has 42 heavy (non-hydrogen) atoms. The van der Waals surface area contributed by atoms with E-state index in [1.165, 1.54) is 23.1 Å². The Labute approximate surface area is 273 Å². The van der Waals surface area contributed by atoms with Gasteiger partial charge in [0.25, 0.3) is 0 Å². The Kier molecular flexibility index (Phi) is 9.35. The molecule has 6 rings (SSSR count). The van der Waals surface area contributed by atoms with Crippen molar-refractivity contribution in [3.63, 3.8) is 0 Å². The van der Waals surface area contributed by atoms with E-state index >= 15 is 0 Å². The van der Waals surface area contributed by atoms with E-state index in [9.17, 15) is 9.90 Å². The zero-order chi connectivity index (χ0) is 28.6. The molecule has 1 saturated heterocycles. The zero-order valence-electron chi connectivity index (χ0n) is 24.5. The maximum atomic E-state index is 11.8. The Morgan fingerprint density at radius 1 is 1.07 bits per heavy atom. The third kappa shape index (κ3) is 6.87. The number of H-pyrrole nitrogens is 1. The molecular formula is C33H34ClN4NaO3. The first-order chi connectivity index (χ1) is 19.7. The number of aromatic amines is 1. The number of rotatable bonds is 7. The molecule has 0 bridgehead atoms. The van der Waals surface area contributed by atoms with Crippen LogP contribution in [0.5, 0.6) is 11.5 Å². The predicted molar refractivity (Wildman–Crippen MR) is 162 cm³/mol. The summed E-state index contributed by atoms with van der Waals surface area (Å²) in [5, 5.41) is 13.5. The fraction of sp³-hybridized carbons (Fsp3) is 0.333. The monoisotopic (exact) mass is 592 g/mol. The Hall–Kier alpha value is -2.81. The first-order valence-electron chi connectivity index (χ1n) is 14.1. The summed E-state index contributed by atoms with van der Waals surface area (Å²) in [6, 6.07) is 17.2. The first-order valence-corrected chi connectivity index (χ1v) is 14.5. The van der Waals surface area contributed by atoms with Gasteiger partial charge < -0.3 is 24.5 Å². The fourth-order valence-electron chi connectivity index (χ4n) is 5.96. The third-order valence-corrected chi connectivity index (χ3v) is 8.57. The number of hydrogen-bond acceptors (Lipinski definition) is 6.